The van der Waals surface area contributed by atoms with Crippen molar-refractivity contribution in [2.75, 3.05) is 4.72 Å². The maximum atomic E-state index is 14.5. The Hall–Kier alpha value is -2.76. The highest BCUT2D eigenvalue weighted by atomic mass is 35.5. The number of carbonyl (C=O) groups is 1. The lowest BCUT2D eigenvalue weighted by Gasteiger charge is -2.13. The number of benzene rings is 2. The zero-order valence-electron chi connectivity index (χ0n) is 15.0. The summed E-state index contributed by atoms with van der Waals surface area (Å²) >= 11 is 6.94. The number of phenols is 1. The van der Waals surface area contributed by atoms with E-state index in [4.69, 9.17) is 16.3 Å². The van der Waals surface area contributed by atoms with Crippen LogP contribution in [0.3, 0.4) is 0 Å². The van der Waals surface area contributed by atoms with Gasteiger partial charge in [0.25, 0.3) is 10.0 Å². The van der Waals surface area contributed by atoms with Gasteiger partial charge < -0.3 is 9.84 Å². The van der Waals surface area contributed by atoms with Gasteiger partial charge in [0.15, 0.2) is 5.75 Å². The van der Waals surface area contributed by atoms with Gasteiger partial charge in [0, 0.05) is 11.6 Å². The van der Waals surface area contributed by atoms with Gasteiger partial charge in [0.2, 0.25) is 0 Å². The largest absolute Gasteiger partial charge is 0.505 e. The van der Waals surface area contributed by atoms with Crippen LogP contribution < -0.4 is 4.72 Å². The van der Waals surface area contributed by atoms with Crippen LogP contribution in [0.25, 0.3) is 10.4 Å². The number of halogens is 3. The summed E-state index contributed by atoms with van der Waals surface area (Å²) in [6.45, 7) is 1.30. The van der Waals surface area contributed by atoms with Crippen LogP contribution in [-0.4, -0.2) is 24.5 Å². The third-order valence-electron chi connectivity index (χ3n) is 4.24. The molecule has 4 bridgehead atoms. The number of nitrogens with one attached hydrogen (secondary N) is 1. The first-order chi connectivity index (χ1) is 14.1. The van der Waals surface area contributed by atoms with Gasteiger partial charge in [-0.1, -0.05) is 11.6 Å². The second-order valence-electron chi connectivity index (χ2n) is 6.31. The Bertz CT molecular complexity index is 1320. The Morgan fingerprint density at radius 2 is 1.97 bits per heavy atom. The minimum absolute atomic E-state index is 0.126. The number of carbonyl (C=O) groups excluding carboxylic acids is 1. The summed E-state index contributed by atoms with van der Waals surface area (Å²) in [5.74, 6) is -3.91. The average Bonchev–Trinajstić information content (AvgIpc) is 3.03. The molecule has 0 atom stereocenters. The molecule has 7 nitrogen and oxygen atoms in total. The monoisotopic (exact) mass is 472 g/mol. The number of aryl methyl sites for hydroxylation is 1. The summed E-state index contributed by atoms with van der Waals surface area (Å²) in [5, 5.41) is 10.2. The quantitative estimate of drug-likeness (QED) is 0.474. The van der Waals surface area contributed by atoms with Gasteiger partial charge in [-0.25, -0.2) is 27.0 Å². The zero-order valence-corrected chi connectivity index (χ0v) is 17.4. The maximum absolute atomic E-state index is 14.5. The highest BCUT2D eigenvalue weighted by Crippen LogP contribution is 2.38. The fraction of sp³-hybridized carbons (Fsp3) is 0.111. The fourth-order valence-corrected chi connectivity index (χ4v) is 5.31. The number of fused-ring (bicyclic) bond motifs is 6. The Balaban J connectivity index is 2.01. The van der Waals surface area contributed by atoms with Crippen LogP contribution in [0.4, 0.5) is 14.5 Å². The Morgan fingerprint density at radius 1 is 1.23 bits per heavy atom. The highest BCUT2D eigenvalue weighted by molar-refractivity contribution is 7.92. The van der Waals surface area contributed by atoms with Crippen LogP contribution in [0.1, 0.15) is 21.1 Å². The van der Waals surface area contributed by atoms with Crippen molar-refractivity contribution in [3.05, 3.63) is 57.2 Å². The van der Waals surface area contributed by atoms with Gasteiger partial charge in [0.1, 0.15) is 23.1 Å². The molecular weight excluding hydrogens is 462 g/mol. The third-order valence-corrected chi connectivity index (χ3v) is 6.96. The van der Waals surface area contributed by atoms with E-state index in [9.17, 15) is 27.1 Å². The molecular formula is C18H11ClF2N2O5S2. The van der Waals surface area contributed by atoms with Crippen LogP contribution in [0.5, 0.6) is 5.75 Å². The number of hydrogen-bond donors (Lipinski definition) is 2. The number of thiazole rings is 1. The molecule has 0 aliphatic carbocycles. The number of phenolic OH excluding ortho intramolecular Hbond substituents is 1. The molecule has 0 fully saturated rings. The predicted octanol–water partition coefficient (Wildman–Crippen LogP) is 4.23. The number of anilines is 1. The lowest BCUT2D eigenvalue weighted by molar-refractivity contribution is 0.0468. The molecule has 0 radical (unpaired) electrons. The normalized spacial score (nSPS) is 15.1. The number of nitrogens with zero attached hydrogens (tertiary/aromatic N) is 1. The number of aromatic hydroxyl groups is 1. The first kappa shape index (κ1) is 20.5. The zero-order chi connectivity index (χ0) is 21.8. The van der Waals surface area contributed by atoms with E-state index in [0.29, 0.717) is 11.1 Å². The number of rotatable bonds is 0. The van der Waals surface area contributed by atoms with Crippen molar-refractivity contribution in [2.45, 2.75) is 18.4 Å². The number of ether oxygens (including phenoxy) is 1. The molecule has 156 valence electrons. The molecule has 0 unspecified atom stereocenters. The molecule has 1 aliphatic heterocycles. The average molecular weight is 473 g/mol. The molecule has 1 aromatic heterocycles. The van der Waals surface area contributed by atoms with Crippen molar-refractivity contribution in [3.8, 4) is 16.2 Å². The molecule has 30 heavy (non-hydrogen) atoms. The summed E-state index contributed by atoms with van der Waals surface area (Å²) in [6, 6.07) is 3.38. The molecule has 2 heterocycles. The van der Waals surface area contributed by atoms with Crippen LogP contribution >= 0.6 is 22.9 Å². The van der Waals surface area contributed by atoms with Crippen molar-refractivity contribution in [3.63, 3.8) is 0 Å². The molecule has 2 N–H and O–H groups in total. The van der Waals surface area contributed by atoms with E-state index < -0.39 is 49.0 Å². The Kier molecular flexibility index (Phi) is 4.91. The van der Waals surface area contributed by atoms with E-state index in [1.165, 1.54) is 0 Å². The lowest BCUT2D eigenvalue weighted by Crippen LogP contribution is -2.15. The van der Waals surface area contributed by atoms with Crippen LogP contribution in [0.15, 0.2) is 29.2 Å². The number of aromatic nitrogens is 1. The highest BCUT2D eigenvalue weighted by Gasteiger charge is 2.27. The van der Waals surface area contributed by atoms with E-state index in [1.807, 2.05) is 4.72 Å². The van der Waals surface area contributed by atoms with Crippen LogP contribution in [0.2, 0.25) is 5.02 Å². The third kappa shape index (κ3) is 3.48. The molecule has 1 aliphatic rings. The van der Waals surface area contributed by atoms with Crippen molar-refractivity contribution < 1.29 is 31.8 Å². The van der Waals surface area contributed by atoms with E-state index in [2.05, 4.69) is 4.98 Å². The van der Waals surface area contributed by atoms with E-state index >= 15 is 0 Å². The van der Waals surface area contributed by atoms with Gasteiger partial charge in [-0.3, -0.25) is 4.72 Å². The standard InChI is InChI=1S/C18H11ClF2N2O5S2/c1-7-22-14-6-28-18(25)8-2-10(19)16(24)15(3-8)30(26,27)23-13-4-9(17(14)29-7)11(20)5-12(13)21/h2-5,23-24H,6H2,1H3. The topological polar surface area (TPSA) is 106 Å². The second-order valence-corrected chi connectivity index (χ2v) is 9.57. The molecule has 0 saturated carbocycles. The van der Waals surface area contributed by atoms with E-state index in [1.54, 1.807) is 6.92 Å². The smallest absolute Gasteiger partial charge is 0.338 e. The first-order valence-corrected chi connectivity index (χ1v) is 10.9. The summed E-state index contributed by atoms with van der Waals surface area (Å²) < 4.78 is 61.6. The molecule has 0 amide bonds. The van der Waals surface area contributed by atoms with E-state index in [0.717, 1.165) is 29.5 Å². The maximum Gasteiger partial charge on any atom is 0.338 e. The second kappa shape index (κ2) is 7.18. The summed E-state index contributed by atoms with van der Waals surface area (Å²) in [6.07, 6.45) is 0. The van der Waals surface area contributed by atoms with Gasteiger partial charge >= 0.3 is 5.97 Å². The minimum Gasteiger partial charge on any atom is -0.505 e. The van der Waals surface area contributed by atoms with Crippen molar-refractivity contribution in [1.82, 2.24) is 4.98 Å². The fourth-order valence-electron chi connectivity index (χ4n) is 2.89. The Labute approximate surface area is 178 Å². The van der Waals surface area contributed by atoms with Gasteiger partial charge in [-0.15, -0.1) is 11.3 Å². The van der Waals surface area contributed by atoms with Gasteiger partial charge in [0.05, 0.1) is 31.9 Å². The van der Waals surface area contributed by atoms with Gasteiger partial charge in [-0.2, -0.15) is 0 Å². The van der Waals surface area contributed by atoms with Crippen LogP contribution in [0, 0.1) is 18.6 Å². The Morgan fingerprint density at radius 3 is 2.70 bits per heavy atom. The molecule has 12 heteroatoms. The van der Waals surface area contributed by atoms with Crippen molar-refractivity contribution >= 4 is 44.6 Å². The number of hydrogen-bond acceptors (Lipinski definition) is 7. The first-order valence-electron chi connectivity index (χ1n) is 8.25. The SMILES string of the molecule is Cc1nc2c(s1)-c1cc(c(F)cc1F)NS(=O)(=O)c1cc(cc(Cl)c1O)C(=O)OC2. The summed E-state index contributed by atoms with van der Waals surface area (Å²) in [7, 11) is -4.61. The van der Waals surface area contributed by atoms with Gasteiger partial charge in [-0.05, 0) is 25.1 Å². The minimum atomic E-state index is -4.61. The summed E-state index contributed by atoms with van der Waals surface area (Å²) in [5.41, 5.74) is -0.728. The number of cyclic esters (lactones) is 1. The predicted molar refractivity (Wildman–Crippen MR) is 105 cm³/mol. The van der Waals surface area contributed by atoms with E-state index in [-0.39, 0.29) is 28.3 Å². The number of esters is 1. The van der Waals surface area contributed by atoms with Crippen LogP contribution in [-0.2, 0) is 21.4 Å². The van der Waals surface area contributed by atoms with Crippen molar-refractivity contribution in [2.24, 2.45) is 0 Å². The molecule has 2 aromatic carbocycles. The van der Waals surface area contributed by atoms with Crippen molar-refractivity contribution in [1.29, 1.82) is 0 Å². The molecule has 0 spiro atoms. The molecule has 4 rings (SSSR count). The molecule has 0 saturated heterocycles. The lowest BCUT2D eigenvalue weighted by atomic mass is 10.1. The summed E-state index contributed by atoms with van der Waals surface area (Å²) in [4.78, 5) is 16.2. The number of sulfonamides is 1. The molecule has 3 aromatic rings.